The molecule has 0 saturated carbocycles. The van der Waals surface area contributed by atoms with Crippen molar-refractivity contribution in [2.75, 3.05) is 13.1 Å². The van der Waals surface area contributed by atoms with Crippen molar-refractivity contribution in [2.24, 2.45) is 0 Å². The number of esters is 1. The van der Waals surface area contributed by atoms with Crippen LogP contribution in [0, 0.1) is 6.92 Å². The van der Waals surface area contributed by atoms with Crippen LogP contribution in [0.25, 0.3) is 0 Å². The summed E-state index contributed by atoms with van der Waals surface area (Å²) in [4.78, 5) is 11.8. The molecular formula is C13H18ClNO2. The third-order valence-electron chi connectivity index (χ3n) is 2.85. The number of carbonyl (C=O) groups excluding carboxylic acids is 1. The number of ether oxygens (including phenoxy) is 1. The molecule has 17 heavy (non-hydrogen) atoms. The average molecular weight is 256 g/mol. The van der Waals surface area contributed by atoms with E-state index in [4.69, 9.17) is 4.74 Å². The minimum Gasteiger partial charge on any atom is -0.459 e. The smallest absolute Gasteiger partial charge is 0.338 e. The van der Waals surface area contributed by atoms with Crippen molar-refractivity contribution in [2.45, 2.75) is 25.9 Å². The highest BCUT2D eigenvalue weighted by atomic mass is 35.5. The molecule has 2 rings (SSSR count). The van der Waals surface area contributed by atoms with Crippen LogP contribution < -0.4 is 5.32 Å². The molecule has 0 aliphatic carbocycles. The molecule has 0 unspecified atom stereocenters. The molecule has 1 aromatic rings. The van der Waals surface area contributed by atoms with Crippen LogP contribution in [0.15, 0.2) is 24.3 Å². The Kier molecular flexibility index (Phi) is 5.45. The molecule has 0 bridgehead atoms. The number of halogens is 1. The average Bonchev–Trinajstić information content (AvgIpc) is 2.31. The summed E-state index contributed by atoms with van der Waals surface area (Å²) in [5, 5.41) is 3.24. The van der Waals surface area contributed by atoms with Gasteiger partial charge in [0, 0.05) is 0 Å². The lowest BCUT2D eigenvalue weighted by atomic mass is 10.1. The molecule has 1 N–H and O–H groups in total. The van der Waals surface area contributed by atoms with Gasteiger partial charge in [-0.2, -0.15) is 0 Å². The maximum absolute atomic E-state index is 11.8. The molecule has 1 heterocycles. The van der Waals surface area contributed by atoms with E-state index in [1.165, 1.54) is 0 Å². The quantitative estimate of drug-likeness (QED) is 0.825. The van der Waals surface area contributed by atoms with Crippen LogP contribution in [0.5, 0.6) is 0 Å². The second kappa shape index (κ2) is 6.62. The summed E-state index contributed by atoms with van der Waals surface area (Å²) in [5.74, 6) is -0.202. The van der Waals surface area contributed by atoms with Crippen LogP contribution in [0.1, 0.15) is 28.8 Å². The predicted octanol–water partition coefficient (Wildman–Crippen LogP) is 2.33. The fourth-order valence-electron chi connectivity index (χ4n) is 1.82. The van der Waals surface area contributed by atoms with E-state index < -0.39 is 0 Å². The normalized spacial score (nSPS) is 16.1. The number of rotatable bonds is 2. The standard InChI is InChI=1S/C13H17NO2.ClH/c1-10-2-4-11(5-3-10)13(15)16-12-6-8-14-9-7-12;/h2-5,12,14H,6-9H2,1H3;1H. The minimum atomic E-state index is -0.202. The van der Waals surface area contributed by atoms with Gasteiger partial charge in [-0.25, -0.2) is 4.79 Å². The number of aryl methyl sites for hydroxylation is 1. The molecule has 0 radical (unpaired) electrons. The number of hydrogen-bond donors (Lipinski definition) is 1. The van der Waals surface area contributed by atoms with Crippen molar-refractivity contribution in [1.29, 1.82) is 0 Å². The lowest BCUT2D eigenvalue weighted by molar-refractivity contribution is 0.0229. The van der Waals surface area contributed by atoms with Gasteiger partial charge in [0.15, 0.2) is 0 Å². The maximum Gasteiger partial charge on any atom is 0.338 e. The Labute approximate surface area is 108 Å². The van der Waals surface area contributed by atoms with Crippen LogP contribution in [-0.4, -0.2) is 25.2 Å². The molecule has 0 aromatic heterocycles. The Morgan fingerprint density at radius 1 is 1.24 bits per heavy atom. The number of piperidine rings is 1. The predicted molar refractivity (Wildman–Crippen MR) is 69.7 cm³/mol. The summed E-state index contributed by atoms with van der Waals surface area (Å²) in [7, 11) is 0. The zero-order valence-electron chi connectivity index (χ0n) is 9.94. The summed E-state index contributed by atoms with van der Waals surface area (Å²) in [6.07, 6.45) is 1.91. The second-order valence-electron chi connectivity index (χ2n) is 4.22. The van der Waals surface area contributed by atoms with Crippen molar-refractivity contribution in [3.63, 3.8) is 0 Å². The van der Waals surface area contributed by atoms with Crippen molar-refractivity contribution >= 4 is 18.4 Å². The van der Waals surface area contributed by atoms with E-state index in [-0.39, 0.29) is 24.5 Å². The van der Waals surface area contributed by atoms with E-state index in [1.807, 2.05) is 31.2 Å². The van der Waals surface area contributed by atoms with Crippen LogP contribution in [-0.2, 0) is 4.74 Å². The van der Waals surface area contributed by atoms with Gasteiger partial charge in [0.2, 0.25) is 0 Å². The molecule has 0 atom stereocenters. The van der Waals surface area contributed by atoms with Gasteiger partial charge in [0.1, 0.15) is 6.10 Å². The summed E-state index contributed by atoms with van der Waals surface area (Å²) >= 11 is 0. The van der Waals surface area contributed by atoms with E-state index in [1.54, 1.807) is 0 Å². The SMILES string of the molecule is Cc1ccc(C(=O)OC2CCNCC2)cc1.Cl. The van der Waals surface area contributed by atoms with Gasteiger partial charge in [0.25, 0.3) is 0 Å². The van der Waals surface area contributed by atoms with Gasteiger partial charge in [-0.1, -0.05) is 17.7 Å². The van der Waals surface area contributed by atoms with E-state index in [0.29, 0.717) is 5.56 Å². The molecule has 1 saturated heterocycles. The van der Waals surface area contributed by atoms with E-state index in [2.05, 4.69) is 5.32 Å². The first-order valence-corrected chi connectivity index (χ1v) is 5.74. The van der Waals surface area contributed by atoms with Crippen LogP contribution in [0.4, 0.5) is 0 Å². The van der Waals surface area contributed by atoms with E-state index >= 15 is 0 Å². The van der Waals surface area contributed by atoms with Gasteiger partial charge in [-0.15, -0.1) is 12.4 Å². The monoisotopic (exact) mass is 255 g/mol. The fraction of sp³-hybridized carbons (Fsp3) is 0.462. The van der Waals surface area contributed by atoms with E-state index in [0.717, 1.165) is 31.5 Å². The van der Waals surface area contributed by atoms with Crippen LogP contribution in [0.2, 0.25) is 0 Å². The fourth-order valence-corrected chi connectivity index (χ4v) is 1.82. The first-order chi connectivity index (χ1) is 7.75. The van der Waals surface area contributed by atoms with E-state index in [9.17, 15) is 4.79 Å². The van der Waals surface area contributed by atoms with Crippen LogP contribution in [0.3, 0.4) is 0 Å². The van der Waals surface area contributed by atoms with Crippen molar-refractivity contribution in [1.82, 2.24) is 5.32 Å². The molecule has 0 spiro atoms. The molecule has 1 aliphatic heterocycles. The molecule has 1 fully saturated rings. The van der Waals surface area contributed by atoms with Crippen molar-refractivity contribution in [3.05, 3.63) is 35.4 Å². The van der Waals surface area contributed by atoms with Crippen molar-refractivity contribution in [3.8, 4) is 0 Å². The number of benzene rings is 1. The highest BCUT2D eigenvalue weighted by Crippen LogP contribution is 2.11. The highest BCUT2D eigenvalue weighted by molar-refractivity contribution is 5.89. The van der Waals surface area contributed by atoms with Gasteiger partial charge < -0.3 is 10.1 Å². The lowest BCUT2D eigenvalue weighted by Gasteiger charge is -2.22. The number of carbonyl (C=O) groups is 1. The van der Waals surface area contributed by atoms with Crippen LogP contribution >= 0.6 is 12.4 Å². The minimum absolute atomic E-state index is 0. The maximum atomic E-state index is 11.8. The zero-order valence-corrected chi connectivity index (χ0v) is 10.8. The summed E-state index contributed by atoms with van der Waals surface area (Å²) < 4.78 is 5.44. The summed E-state index contributed by atoms with van der Waals surface area (Å²) in [6.45, 7) is 3.87. The Bertz CT molecular complexity index is 358. The topological polar surface area (TPSA) is 38.3 Å². The largest absolute Gasteiger partial charge is 0.459 e. The Balaban J connectivity index is 0.00000144. The second-order valence-corrected chi connectivity index (χ2v) is 4.22. The third kappa shape index (κ3) is 4.02. The molecule has 94 valence electrons. The number of hydrogen-bond acceptors (Lipinski definition) is 3. The zero-order chi connectivity index (χ0) is 11.4. The van der Waals surface area contributed by atoms with Gasteiger partial charge in [-0.3, -0.25) is 0 Å². The Morgan fingerprint density at radius 2 is 1.82 bits per heavy atom. The molecule has 4 heteroatoms. The highest BCUT2D eigenvalue weighted by Gasteiger charge is 2.18. The molecule has 1 aliphatic rings. The Morgan fingerprint density at radius 3 is 2.41 bits per heavy atom. The van der Waals surface area contributed by atoms with Gasteiger partial charge >= 0.3 is 5.97 Å². The van der Waals surface area contributed by atoms with Gasteiger partial charge in [0.05, 0.1) is 5.56 Å². The molecular weight excluding hydrogens is 238 g/mol. The first-order valence-electron chi connectivity index (χ1n) is 5.74. The lowest BCUT2D eigenvalue weighted by Crippen LogP contribution is -2.33. The number of nitrogens with one attached hydrogen (secondary N) is 1. The molecule has 3 nitrogen and oxygen atoms in total. The first kappa shape index (κ1) is 14.0. The summed E-state index contributed by atoms with van der Waals surface area (Å²) in [5.41, 5.74) is 1.79. The van der Waals surface area contributed by atoms with Gasteiger partial charge in [-0.05, 0) is 45.0 Å². The molecule has 1 aromatic carbocycles. The third-order valence-corrected chi connectivity index (χ3v) is 2.85. The molecule has 0 amide bonds. The Hall–Kier alpha value is -1.06. The van der Waals surface area contributed by atoms with Crippen molar-refractivity contribution < 1.29 is 9.53 Å². The summed E-state index contributed by atoms with van der Waals surface area (Å²) in [6, 6.07) is 7.50.